The molecule has 3 aromatic rings. The lowest BCUT2D eigenvalue weighted by molar-refractivity contribution is 0.0464. The van der Waals surface area contributed by atoms with Crippen molar-refractivity contribution in [1.82, 2.24) is 4.98 Å². The first-order valence-electron chi connectivity index (χ1n) is 8.01. The van der Waals surface area contributed by atoms with Crippen molar-refractivity contribution in [3.05, 3.63) is 64.7 Å². The van der Waals surface area contributed by atoms with Crippen LogP contribution in [0.2, 0.25) is 0 Å². The summed E-state index contributed by atoms with van der Waals surface area (Å²) >= 11 is 1.40. The number of hydrogen-bond donors (Lipinski definition) is 0. The molecule has 0 aliphatic carbocycles. The summed E-state index contributed by atoms with van der Waals surface area (Å²) in [6.07, 6.45) is 0. The lowest BCUT2D eigenvalue weighted by Crippen LogP contribution is -2.06. The van der Waals surface area contributed by atoms with E-state index in [1.165, 1.54) is 11.3 Å². The number of hydrogen-bond acceptors (Lipinski definition) is 6. The van der Waals surface area contributed by atoms with Crippen molar-refractivity contribution in [3.8, 4) is 22.1 Å². The van der Waals surface area contributed by atoms with Crippen molar-refractivity contribution in [2.45, 2.75) is 13.5 Å². The number of benzene rings is 2. The second-order valence-corrected chi connectivity index (χ2v) is 6.52. The van der Waals surface area contributed by atoms with Crippen molar-refractivity contribution in [2.24, 2.45) is 0 Å². The standard InChI is InChI=1S/C20H19NO4S/c1-13-4-9-18(24-3)15(10-13)11-25-20(22)17-12-26-19(21-17)14-5-7-16(23-2)8-6-14/h4-10,12H,11H2,1-3H3. The van der Waals surface area contributed by atoms with E-state index in [1.807, 2.05) is 49.4 Å². The van der Waals surface area contributed by atoms with Crippen LogP contribution in [0, 0.1) is 6.92 Å². The molecule has 0 unspecified atom stereocenters. The van der Waals surface area contributed by atoms with E-state index in [0.29, 0.717) is 11.4 Å². The zero-order chi connectivity index (χ0) is 18.5. The molecule has 0 saturated heterocycles. The van der Waals surface area contributed by atoms with Gasteiger partial charge in [0.15, 0.2) is 5.69 Å². The Labute approximate surface area is 156 Å². The molecule has 0 saturated carbocycles. The number of aryl methyl sites for hydroxylation is 1. The third-order valence-electron chi connectivity index (χ3n) is 3.84. The fourth-order valence-electron chi connectivity index (χ4n) is 2.47. The highest BCUT2D eigenvalue weighted by Crippen LogP contribution is 2.26. The zero-order valence-electron chi connectivity index (χ0n) is 14.8. The van der Waals surface area contributed by atoms with E-state index < -0.39 is 5.97 Å². The number of ether oxygens (including phenoxy) is 3. The molecule has 0 radical (unpaired) electrons. The Kier molecular flexibility index (Phi) is 5.53. The van der Waals surface area contributed by atoms with Crippen LogP contribution in [0.1, 0.15) is 21.6 Å². The van der Waals surface area contributed by atoms with Crippen molar-refractivity contribution in [2.75, 3.05) is 14.2 Å². The van der Waals surface area contributed by atoms with Gasteiger partial charge in [-0.2, -0.15) is 0 Å². The Hall–Kier alpha value is -2.86. The van der Waals surface area contributed by atoms with Gasteiger partial charge in [0.05, 0.1) is 14.2 Å². The van der Waals surface area contributed by atoms with E-state index in [4.69, 9.17) is 14.2 Å². The smallest absolute Gasteiger partial charge is 0.358 e. The Balaban J connectivity index is 1.69. The largest absolute Gasteiger partial charge is 0.497 e. The molecule has 0 N–H and O–H groups in total. The van der Waals surface area contributed by atoms with Crippen LogP contribution in [-0.2, 0) is 11.3 Å². The lowest BCUT2D eigenvalue weighted by atomic mass is 10.1. The zero-order valence-corrected chi connectivity index (χ0v) is 15.6. The molecule has 3 rings (SSSR count). The maximum absolute atomic E-state index is 12.3. The van der Waals surface area contributed by atoms with Gasteiger partial charge in [-0.3, -0.25) is 0 Å². The summed E-state index contributed by atoms with van der Waals surface area (Å²) in [5.74, 6) is 1.02. The molecule has 0 amide bonds. The Morgan fingerprint density at radius 3 is 2.54 bits per heavy atom. The first-order valence-corrected chi connectivity index (χ1v) is 8.89. The first kappa shape index (κ1) is 17.9. The topological polar surface area (TPSA) is 57.7 Å². The highest BCUT2D eigenvalue weighted by molar-refractivity contribution is 7.13. The van der Waals surface area contributed by atoms with Gasteiger partial charge in [0.25, 0.3) is 0 Å². The van der Waals surface area contributed by atoms with E-state index in [1.54, 1.807) is 19.6 Å². The van der Waals surface area contributed by atoms with Crippen molar-refractivity contribution in [3.63, 3.8) is 0 Å². The molecule has 1 aromatic heterocycles. The van der Waals surface area contributed by atoms with Gasteiger partial charge in [-0.15, -0.1) is 11.3 Å². The summed E-state index contributed by atoms with van der Waals surface area (Å²) < 4.78 is 15.9. The van der Waals surface area contributed by atoms with Gasteiger partial charge in [0, 0.05) is 16.5 Å². The number of esters is 1. The van der Waals surface area contributed by atoms with Gasteiger partial charge in [0.2, 0.25) is 0 Å². The van der Waals surface area contributed by atoms with E-state index >= 15 is 0 Å². The normalized spacial score (nSPS) is 10.4. The highest BCUT2D eigenvalue weighted by atomic mass is 32.1. The van der Waals surface area contributed by atoms with E-state index in [-0.39, 0.29) is 6.61 Å². The summed E-state index contributed by atoms with van der Waals surface area (Å²) in [7, 11) is 3.22. The number of aromatic nitrogens is 1. The van der Waals surface area contributed by atoms with Crippen LogP contribution in [-0.4, -0.2) is 25.2 Å². The van der Waals surface area contributed by atoms with Crippen LogP contribution in [0.15, 0.2) is 47.8 Å². The molecule has 134 valence electrons. The fourth-order valence-corrected chi connectivity index (χ4v) is 3.27. The molecule has 0 aliphatic heterocycles. The number of methoxy groups -OCH3 is 2. The summed E-state index contributed by atoms with van der Waals surface area (Å²) in [6, 6.07) is 13.3. The summed E-state index contributed by atoms with van der Waals surface area (Å²) in [5.41, 5.74) is 3.13. The van der Waals surface area contributed by atoms with Crippen LogP contribution in [0.5, 0.6) is 11.5 Å². The SMILES string of the molecule is COc1ccc(-c2nc(C(=O)OCc3cc(C)ccc3OC)cs2)cc1. The predicted molar refractivity (Wildman–Crippen MR) is 101 cm³/mol. The van der Waals surface area contributed by atoms with Crippen LogP contribution < -0.4 is 9.47 Å². The van der Waals surface area contributed by atoms with Gasteiger partial charge in [0.1, 0.15) is 23.1 Å². The Bertz CT molecular complexity index is 902. The summed E-state index contributed by atoms with van der Waals surface area (Å²) in [4.78, 5) is 16.7. The van der Waals surface area contributed by atoms with Crippen molar-refractivity contribution < 1.29 is 19.0 Å². The number of thiazole rings is 1. The minimum absolute atomic E-state index is 0.138. The molecule has 0 atom stereocenters. The van der Waals surface area contributed by atoms with Gasteiger partial charge in [-0.1, -0.05) is 11.6 Å². The van der Waals surface area contributed by atoms with Crippen molar-refractivity contribution >= 4 is 17.3 Å². The predicted octanol–water partition coefficient (Wildman–Crippen LogP) is 4.49. The minimum Gasteiger partial charge on any atom is -0.497 e. The molecular formula is C20H19NO4S. The molecule has 26 heavy (non-hydrogen) atoms. The minimum atomic E-state index is -0.454. The molecule has 6 heteroatoms. The maximum atomic E-state index is 12.3. The fraction of sp³-hybridized carbons (Fsp3) is 0.200. The third kappa shape index (κ3) is 4.03. The quantitative estimate of drug-likeness (QED) is 0.599. The number of carbonyl (C=O) groups is 1. The van der Waals surface area contributed by atoms with E-state index in [2.05, 4.69) is 4.98 Å². The molecule has 5 nitrogen and oxygen atoms in total. The Morgan fingerprint density at radius 2 is 1.85 bits per heavy atom. The number of rotatable bonds is 6. The number of carbonyl (C=O) groups excluding carboxylic acids is 1. The second-order valence-electron chi connectivity index (χ2n) is 5.66. The van der Waals surface area contributed by atoms with E-state index in [0.717, 1.165) is 27.4 Å². The van der Waals surface area contributed by atoms with Crippen LogP contribution >= 0.6 is 11.3 Å². The molecule has 0 bridgehead atoms. The highest BCUT2D eigenvalue weighted by Gasteiger charge is 2.14. The van der Waals surface area contributed by atoms with E-state index in [9.17, 15) is 4.79 Å². The van der Waals surface area contributed by atoms with Gasteiger partial charge < -0.3 is 14.2 Å². The molecule has 0 aliphatic rings. The summed E-state index contributed by atoms with van der Waals surface area (Å²) in [6.45, 7) is 2.12. The average Bonchev–Trinajstić information content (AvgIpc) is 3.16. The van der Waals surface area contributed by atoms with Crippen LogP contribution in [0.4, 0.5) is 0 Å². The van der Waals surface area contributed by atoms with Gasteiger partial charge in [-0.25, -0.2) is 9.78 Å². The Morgan fingerprint density at radius 1 is 1.08 bits per heavy atom. The molecule has 0 spiro atoms. The molecular weight excluding hydrogens is 350 g/mol. The molecule has 1 heterocycles. The van der Waals surface area contributed by atoms with Crippen LogP contribution in [0.3, 0.4) is 0 Å². The first-order chi connectivity index (χ1) is 12.6. The summed E-state index contributed by atoms with van der Waals surface area (Å²) in [5, 5.41) is 2.46. The van der Waals surface area contributed by atoms with Crippen molar-refractivity contribution in [1.29, 1.82) is 0 Å². The monoisotopic (exact) mass is 369 g/mol. The van der Waals surface area contributed by atoms with Gasteiger partial charge in [-0.05, 0) is 43.3 Å². The lowest BCUT2D eigenvalue weighted by Gasteiger charge is -2.09. The van der Waals surface area contributed by atoms with Crippen LogP contribution in [0.25, 0.3) is 10.6 Å². The molecule has 2 aromatic carbocycles. The third-order valence-corrected chi connectivity index (χ3v) is 4.74. The maximum Gasteiger partial charge on any atom is 0.358 e. The number of nitrogens with zero attached hydrogens (tertiary/aromatic N) is 1. The second kappa shape index (κ2) is 8.01. The van der Waals surface area contributed by atoms with Gasteiger partial charge >= 0.3 is 5.97 Å². The molecule has 0 fully saturated rings. The average molecular weight is 369 g/mol.